The van der Waals surface area contributed by atoms with Crippen LogP contribution in [0.1, 0.15) is 51.4 Å². The lowest BCUT2D eigenvalue weighted by atomic mass is 9.85. The molecular formula is C26H35IN2O5. The second-order valence-electron chi connectivity index (χ2n) is 9.72. The molecular weight excluding hydrogens is 547 g/mol. The Morgan fingerprint density at radius 1 is 1.12 bits per heavy atom. The molecule has 3 aliphatic carbocycles. The fourth-order valence-electron chi connectivity index (χ4n) is 5.07. The number of nitrogens with one attached hydrogen (secondary N) is 1. The smallest absolute Gasteiger partial charge is 0.247 e. The second-order valence-corrected chi connectivity index (χ2v) is 10.9. The van der Waals surface area contributed by atoms with E-state index >= 15 is 0 Å². The van der Waals surface area contributed by atoms with E-state index in [1.54, 1.807) is 6.08 Å². The molecule has 3 aliphatic rings. The summed E-state index contributed by atoms with van der Waals surface area (Å²) in [6, 6.07) is 7.02. The molecule has 2 fully saturated rings. The maximum absolute atomic E-state index is 13.4. The summed E-state index contributed by atoms with van der Waals surface area (Å²) in [7, 11) is 0. The Balaban J connectivity index is 1.61. The SMILES string of the molecule is O=C(NCCO)C1=CC(Oc2ccccc2I)C(O)C(N(CC2CCCCC2)C(=O)C2CC2)C1. The van der Waals surface area contributed by atoms with Crippen LogP contribution in [-0.4, -0.2) is 64.9 Å². The number of rotatable bonds is 9. The van der Waals surface area contributed by atoms with Gasteiger partial charge >= 0.3 is 0 Å². The summed E-state index contributed by atoms with van der Waals surface area (Å²) in [5.41, 5.74) is 0.483. The van der Waals surface area contributed by atoms with Gasteiger partial charge in [0, 0.05) is 31.0 Å². The fraction of sp³-hybridized carbons (Fsp3) is 0.615. The zero-order valence-electron chi connectivity index (χ0n) is 19.5. The number of carbonyl (C=O) groups is 2. The highest BCUT2D eigenvalue weighted by Gasteiger charge is 2.44. The summed E-state index contributed by atoms with van der Waals surface area (Å²) in [4.78, 5) is 28.2. The third-order valence-electron chi connectivity index (χ3n) is 7.10. The zero-order chi connectivity index (χ0) is 24.1. The number of hydrogen-bond donors (Lipinski definition) is 3. The van der Waals surface area contributed by atoms with Gasteiger partial charge in [-0.25, -0.2) is 0 Å². The first-order valence-corrected chi connectivity index (χ1v) is 13.5. The van der Waals surface area contributed by atoms with E-state index in [2.05, 4.69) is 27.9 Å². The first-order valence-electron chi connectivity index (χ1n) is 12.5. The second kappa shape index (κ2) is 11.9. The van der Waals surface area contributed by atoms with Crippen molar-refractivity contribution in [1.29, 1.82) is 0 Å². The largest absolute Gasteiger partial charge is 0.482 e. The van der Waals surface area contributed by atoms with E-state index in [1.807, 2.05) is 29.2 Å². The molecule has 34 heavy (non-hydrogen) atoms. The van der Waals surface area contributed by atoms with Gasteiger partial charge in [-0.1, -0.05) is 31.4 Å². The lowest BCUT2D eigenvalue weighted by Crippen LogP contribution is -2.56. The highest BCUT2D eigenvalue weighted by Crippen LogP contribution is 2.37. The van der Waals surface area contributed by atoms with Gasteiger partial charge in [0.1, 0.15) is 18.0 Å². The Hall–Kier alpha value is -1.65. The number of nitrogens with zero attached hydrogens (tertiary/aromatic N) is 1. The zero-order valence-corrected chi connectivity index (χ0v) is 21.7. The standard InChI is InChI=1S/C26H35IN2O5/c27-20-8-4-5-9-22(20)34-23-15-19(25(32)28-12-13-30)14-21(24(23)31)29(26(33)18-10-11-18)16-17-6-2-1-3-7-17/h4-5,8-9,15,17-18,21,23-24,30-31H,1-3,6-7,10-14,16H2,(H,28,32). The minimum absolute atomic E-state index is 0.0304. The van der Waals surface area contributed by atoms with Gasteiger partial charge in [0.05, 0.1) is 16.2 Å². The monoisotopic (exact) mass is 582 g/mol. The quantitative estimate of drug-likeness (QED) is 0.389. The summed E-state index contributed by atoms with van der Waals surface area (Å²) < 4.78 is 7.11. The molecule has 1 aromatic carbocycles. The average Bonchev–Trinajstić information content (AvgIpc) is 3.70. The minimum Gasteiger partial charge on any atom is -0.482 e. The normalized spacial score (nSPS) is 25.4. The van der Waals surface area contributed by atoms with Gasteiger partial charge in [0.2, 0.25) is 11.8 Å². The molecule has 0 spiro atoms. The summed E-state index contributed by atoms with van der Waals surface area (Å²) >= 11 is 2.18. The van der Waals surface area contributed by atoms with E-state index in [9.17, 15) is 14.7 Å². The number of aliphatic hydroxyl groups excluding tert-OH is 2. The average molecular weight is 582 g/mol. The highest BCUT2D eigenvalue weighted by atomic mass is 127. The number of halogens is 1. The van der Waals surface area contributed by atoms with E-state index in [1.165, 1.54) is 19.3 Å². The molecule has 8 heteroatoms. The molecule has 4 rings (SSSR count). The molecule has 0 bridgehead atoms. The van der Waals surface area contributed by atoms with Gasteiger partial charge in [-0.15, -0.1) is 0 Å². The maximum Gasteiger partial charge on any atom is 0.247 e. The van der Waals surface area contributed by atoms with Gasteiger partial charge in [0.25, 0.3) is 0 Å². The van der Waals surface area contributed by atoms with Crippen molar-refractivity contribution in [1.82, 2.24) is 10.2 Å². The lowest BCUT2D eigenvalue weighted by Gasteiger charge is -2.42. The van der Waals surface area contributed by atoms with Crippen LogP contribution in [0.2, 0.25) is 0 Å². The number of benzene rings is 1. The molecule has 7 nitrogen and oxygen atoms in total. The van der Waals surface area contributed by atoms with Crippen LogP contribution < -0.4 is 10.1 Å². The first-order chi connectivity index (χ1) is 16.5. The van der Waals surface area contributed by atoms with Crippen LogP contribution in [0.25, 0.3) is 0 Å². The Kier molecular flexibility index (Phi) is 8.87. The molecule has 0 radical (unpaired) electrons. The number of carbonyl (C=O) groups excluding carboxylic acids is 2. The van der Waals surface area contributed by atoms with E-state index in [4.69, 9.17) is 9.84 Å². The number of aliphatic hydroxyl groups is 2. The van der Waals surface area contributed by atoms with Crippen molar-refractivity contribution in [2.75, 3.05) is 19.7 Å². The van der Waals surface area contributed by atoms with E-state index < -0.39 is 18.2 Å². The van der Waals surface area contributed by atoms with Crippen molar-refractivity contribution in [3.8, 4) is 5.75 Å². The van der Waals surface area contributed by atoms with Crippen LogP contribution in [0, 0.1) is 15.4 Å². The van der Waals surface area contributed by atoms with E-state index in [-0.39, 0.29) is 37.3 Å². The summed E-state index contributed by atoms with van der Waals surface area (Å²) in [5.74, 6) is 0.892. The van der Waals surface area contributed by atoms with E-state index in [0.29, 0.717) is 23.8 Å². The molecule has 2 saturated carbocycles. The molecule has 0 aromatic heterocycles. The van der Waals surface area contributed by atoms with Crippen molar-refractivity contribution < 1.29 is 24.5 Å². The van der Waals surface area contributed by atoms with Crippen molar-refractivity contribution in [3.63, 3.8) is 0 Å². The Morgan fingerprint density at radius 2 is 1.85 bits per heavy atom. The maximum atomic E-state index is 13.4. The third kappa shape index (κ3) is 6.31. The van der Waals surface area contributed by atoms with Crippen molar-refractivity contribution in [3.05, 3.63) is 39.5 Å². The molecule has 3 unspecified atom stereocenters. The van der Waals surface area contributed by atoms with Crippen LogP contribution in [0.3, 0.4) is 0 Å². The van der Waals surface area contributed by atoms with Crippen LogP contribution >= 0.6 is 22.6 Å². The minimum atomic E-state index is -0.948. The van der Waals surface area contributed by atoms with E-state index in [0.717, 1.165) is 29.3 Å². The highest BCUT2D eigenvalue weighted by molar-refractivity contribution is 14.1. The van der Waals surface area contributed by atoms with Gasteiger partial charge in [0.15, 0.2) is 0 Å². The summed E-state index contributed by atoms with van der Waals surface area (Å²) in [6.07, 6.45) is 7.82. The van der Waals surface area contributed by atoms with Crippen molar-refractivity contribution in [2.45, 2.75) is 69.6 Å². The van der Waals surface area contributed by atoms with Gasteiger partial charge in [-0.3, -0.25) is 9.59 Å². The predicted molar refractivity (Wildman–Crippen MR) is 137 cm³/mol. The molecule has 0 heterocycles. The van der Waals surface area contributed by atoms with Crippen LogP contribution in [-0.2, 0) is 9.59 Å². The van der Waals surface area contributed by atoms with Crippen LogP contribution in [0.15, 0.2) is 35.9 Å². The number of ether oxygens (including phenoxy) is 1. The predicted octanol–water partition coefficient (Wildman–Crippen LogP) is 3.03. The first kappa shape index (κ1) is 25.4. The molecule has 0 saturated heterocycles. The number of hydrogen-bond acceptors (Lipinski definition) is 5. The van der Waals surface area contributed by atoms with Gasteiger partial charge < -0.3 is 25.2 Å². The number of amides is 2. The Labute approximate surface area is 215 Å². The van der Waals surface area contributed by atoms with Crippen LogP contribution in [0.4, 0.5) is 0 Å². The summed E-state index contributed by atoms with van der Waals surface area (Å²) in [6.45, 7) is 0.623. The Bertz CT molecular complexity index is 897. The molecule has 0 aliphatic heterocycles. The molecule has 3 atom stereocenters. The Morgan fingerprint density at radius 3 is 2.53 bits per heavy atom. The lowest BCUT2D eigenvalue weighted by molar-refractivity contribution is -0.141. The molecule has 1 aromatic rings. The topological polar surface area (TPSA) is 99.1 Å². The fourth-order valence-corrected chi connectivity index (χ4v) is 5.58. The van der Waals surface area contributed by atoms with Gasteiger partial charge in [-0.2, -0.15) is 0 Å². The molecule has 3 N–H and O–H groups in total. The van der Waals surface area contributed by atoms with Crippen LogP contribution in [0.5, 0.6) is 5.75 Å². The van der Waals surface area contributed by atoms with Crippen molar-refractivity contribution >= 4 is 34.4 Å². The molecule has 2 amide bonds. The third-order valence-corrected chi connectivity index (χ3v) is 7.99. The summed E-state index contributed by atoms with van der Waals surface area (Å²) in [5, 5.41) is 23.3. The van der Waals surface area contributed by atoms with Gasteiger partial charge in [-0.05, 0) is 72.4 Å². The number of para-hydroxylation sites is 1. The molecule has 186 valence electrons. The van der Waals surface area contributed by atoms with Crippen molar-refractivity contribution in [2.24, 2.45) is 11.8 Å².